The van der Waals surface area contributed by atoms with Crippen LogP contribution in [-0.4, -0.2) is 42.5 Å². The molecule has 0 radical (unpaired) electrons. The molecule has 7 heteroatoms. The van der Waals surface area contributed by atoms with Gasteiger partial charge < -0.3 is 19.7 Å². The van der Waals surface area contributed by atoms with Crippen molar-refractivity contribution in [1.29, 1.82) is 0 Å². The molecule has 3 rings (SSSR count). The smallest absolute Gasteiger partial charge is 0.242 e. The van der Waals surface area contributed by atoms with Crippen LogP contribution in [-0.2, 0) is 22.6 Å². The summed E-state index contributed by atoms with van der Waals surface area (Å²) in [6.45, 7) is 5.96. The molecule has 2 amide bonds. The normalized spacial score (nSPS) is 13.3. The first-order chi connectivity index (χ1) is 15.5. The first-order valence-electron chi connectivity index (χ1n) is 11.2. The summed E-state index contributed by atoms with van der Waals surface area (Å²) in [6.07, 6.45) is 2.80. The molecule has 1 atom stereocenters. The van der Waals surface area contributed by atoms with E-state index in [0.29, 0.717) is 39.1 Å². The first kappa shape index (κ1) is 24.1. The van der Waals surface area contributed by atoms with Gasteiger partial charge in [0.2, 0.25) is 11.8 Å². The van der Waals surface area contributed by atoms with Gasteiger partial charge in [-0.2, -0.15) is 0 Å². The van der Waals surface area contributed by atoms with Gasteiger partial charge in [0.25, 0.3) is 0 Å². The Morgan fingerprint density at radius 1 is 1.06 bits per heavy atom. The highest BCUT2D eigenvalue weighted by Crippen LogP contribution is 2.31. The summed E-state index contributed by atoms with van der Waals surface area (Å²) in [6, 6.07) is 13.0. The molecule has 6 nitrogen and oxygen atoms in total. The lowest BCUT2D eigenvalue weighted by molar-refractivity contribution is -0.140. The molecule has 0 bridgehead atoms. The van der Waals surface area contributed by atoms with Crippen LogP contribution in [0.15, 0.2) is 46.9 Å². The van der Waals surface area contributed by atoms with E-state index in [4.69, 9.17) is 9.47 Å². The zero-order chi connectivity index (χ0) is 22.9. The Morgan fingerprint density at radius 3 is 2.47 bits per heavy atom. The molecule has 0 spiro atoms. The average Bonchev–Trinajstić information content (AvgIpc) is 2.81. The molecular weight excluding hydrogens is 472 g/mol. The number of benzene rings is 2. The Hall–Kier alpha value is -2.54. The lowest BCUT2D eigenvalue weighted by Crippen LogP contribution is -2.47. The number of carbonyl (C=O) groups is 2. The number of halogens is 1. The van der Waals surface area contributed by atoms with E-state index in [2.05, 4.69) is 28.2 Å². The summed E-state index contributed by atoms with van der Waals surface area (Å²) in [5.74, 6) is 1.28. The number of nitrogens with one attached hydrogen (secondary N) is 1. The van der Waals surface area contributed by atoms with E-state index in [1.54, 1.807) is 11.8 Å². The molecule has 1 aliphatic rings. The number of hydrogen-bond acceptors (Lipinski definition) is 4. The van der Waals surface area contributed by atoms with Crippen molar-refractivity contribution in [2.24, 2.45) is 0 Å². The first-order valence-corrected chi connectivity index (χ1v) is 12.0. The van der Waals surface area contributed by atoms with E-state index >= 15 is 0 Å². The number of hydrogen-bond donors (Lipinski definition) is 1. The maximum Gasteiger partial charge on any atom is 0.242 e. The van der Waals surface area contributed by atoms with Crippen LogP contribution in [0.25, 0.3) is 0 Å². The quantitative estimate of drug-likeness (QED) is 0.486. The molecule has 0 saturated carbocycles. The summed E-state index contributed by atoms with van der Waals surface area (Å²) in [4.78, 5) is 27.6. The van der Waals surface area contributed by atoms with Crippen LogP contribution in [0.3, 0.4) is 0 Å². The zero-order valence-corrected chi connectivity index (χ0v) is 20.3. The van der Waals surface area contributed by atoms with Crippen LogP contribution in [0.2, 0.25) is 0 Å². The Labute approximate surface area is 198 Å². The molecule has 0 saturated heterocycles. The number of unbranched alkanes of at least 4 members (excludes halogenated alkanes) is 1. The summed E-state index contributed by atoms with van der Waals surface area (Å²) in [5.41, 5.74) is 1.99. The van der Waals surface area contributed by atoms with E-state index in [1.165, 1.54) is 0 Å². The molecule has 0 fully saturated rings. The SMILES string of the molecule is CCCCNC(=O)[C@@H](C)N(Cc1ccc(Br)cc1)C(=O)CCc1ccc2c(c1)OCCO2. The second-order valence-electron chi connectivity index (χ2n) is 7.95. The van der Waals surface area contributed by atoms with Gasteiger partial charge in [-0.3, -0.25) is 9.59 Å². The molecule has 1 heterocycles. The minimum atomic E-state index is -0.553. The topological polar surface area (TPSA) is 67.9 Å². The second-order valence-corrected chi connectivity index (χ2v) is 8.86. The molecular formula is C25H31BrN2O4. The van der Waals surface area contributed by atoms with Crippen molar-refractivity contribution >= 4 is 27.7 Å². The Morgan fingerprint density at radius 2 is 1.75 bits per heavy atom. The minimum Gasteiger partial charge on any atom is -0.486 e. The van der Waals surface area contributed by atoms with Crippen molar-refractivity contribution in [3.8, 4) is 11.5 Å². The number of amides is 2. The fourth-order valence-electron chi connectivity index (χ4n) is 3.54. The summed E-state index contributed by atoms with van der Waals surface area (Å²) in [7, 11) is 0. The predicted octanol–water partition coefficient (Wildman–Crippen LogP) is 4.49. The standard InChI is InChI=1S/C25H31BrN2O4/c1-3-4-13-27-25(30)18(2)28(17-20-5-9-21(26)10-6-20)24(29)12-8-19-7-11-22-23(16-19)32-15-14-31-22/h5-7,9-11,16,18H,3-4,8,12-15,17H2,1-2H3,(H,27,30)/t18-/m1/s1. The van der Waals surface area contributed by atoms with Gasteiger partial charge >= 0.3 is 0 Å². The van der Waals surface area contributed by atoms with Crippen molar-refractivity contribution < 1.29 is 19.1 Å². The summed E-state index contributed by atoms with van der Waals surface area (Å²) < 4.78 is 12.2. The Balaban J connectivity index is 1.68. The van der Waals surface area contributed by atoms with Gasteiger partial charge in [0.1, 0.15) is 19.3 Å². The lowest BCUT2D eigenvalue weighted by atomic mass is 10.1. The lowest BCUT2D eigenvalue weighted by Gasteiger charge is -2.29. The van der Waals surface area contributed by atoms with Crippen molar-refractivity contribution in [3.05, 3.63) is 58.1 Å². The van der Waals surface area contributed by atoms with Crippen LogP contribution >= 0.6 is 15.9 Å². The zero-order valence-electron chi connectivity index (χ0n) is 18.7. The van der Waals surface area contributed by atoms with Crippen molar-refractivity contribution in [2.75, 3.05) is 19.8 Å². The van der Waals surface area contributed by atoms with Crippen molar-refractivity contribution in [3.63, 3.8) is 0 Å². The third-order valence-corrected chi connectivity index (χ3v) is 6.03. The van der Waals surface area contributed by atoms with Gasteiger partial charge in [-0.15, -0.1) is 0 Å². The minimum absolute atomic E-state index is 0.0547. The Kier molecular flexibility index (Phi) is 8.97. The van der Waals surface area contributed by atoms with Crippen LogP contribution < -0.4 is 14.8 Å². The van der Waals surface area contributed by atoms with E-state index < -0.39 is 6.04 Å². The van der Waals surface area contributed by atoms with Crippen molar-refractivity contribution in [1.82, 2.24) is 10.2 Å². The van der Waals surface area contributed by atoms with Gasteiger partial charge in [0.05, 0.1) is 0 Å². The maximum absolute atomic E-state index is 13.2. The molecule has 1 N–H and O–H groups in total. The van der Waals surface area contributed by atoms with Gasteiger partial charge in [-0.1, -0.05) is 47.5 Å². The number of fused-ring (bicyclic) bond motifs is 1. The average molecular weight is 503 g/mol. The Bertz CT molecular complexity index is 917. The molecule has 1 aliphatic heterocycles. The van der Waals surface area contributed by atoms with E-state index in [9.17, 15) is 9.59 Å². The van der Waals surface area contributed by atoms with E-state index in [1.807, 2.05) is 42.5 Å². The molecule has 0 aromatic heterocycles. The second kappa shape index (κ2) is 11.9. The molecule has 32 heavy (non-hydrogen) atoms. The van der Waals surface area contributed by atoms with Gasteiger partial charge in [0, 0.05) is 24.0 Å². The monoisotopic (exact) mass is 502 g/mol. The molecule has 2 aromatic carbocycles. The van der Waals surface area contributed by atoms with Crippen LogP contribution in [0, 0.1) is 0 Å². The molecule has 0 unspecified atom stereocenters. The largest absolute Gasteiger partial charge is 0.486 e. The molecule has 172 valence electrons. The third-order valence-electron chi connectivity index (χ3n) is 5.50. The number of rotatable bonds is 10. The highest BCUT2D eigenvalue weighted by atomic mass is 79.9. The number of carbonyl (C=O) groups excluding carboxylic acids is 2. The maximum atomic E-state index is 13.2. The summed E-state index contributed by atoms with van der Waals surface area (Å²) >= 11 is 3.44. The molecule has 2 aromatic rings. The van der Waals surface area contributed by atoms with Crippen LogP contribution in [0.4, 0.5) is 0 Å². The third kappa shape index (κ3) is 6.73. The fraction of sp³-hybridized carbons (Fsp3) is 0.440. The molecule has 0 aliphatic carbocycles. The fourth-order valence-corrected chi connectivity index (χ4v) is 3.81. The van der Waals surface area contributed by atoms with E-state index in [0.717, 1.165) is 39.9 Å². The summed E-state index contributed by atoms with van der Waals surface area (Å²) in [5, 5.41) is 2.95. The van der Waals surface area contributed by atoms with E-state index in [-0.39, 0.29) is 11.8 Å². The number of nitrogens with zero attached hydrogens (tertiary/aromatic N) is 1. The highest BCUT2D eigenvalue weighted by molar-refractivity contribution is 9.10. The van der Waals surface area contributed by atoms with Crippen LogP contribution in [0.5, 0.6) is 11.5 Å². The number of ether oxygens (including phenoxy) is 2. The van der Waals surface area contributed by atoms with Gasteiger partial charge in [-0.25, -0.2) is 0 Å². The highest BCUT2D eigenvalue weighted by Gasteiger charge is 2.26. The number of aryl methyl sites for hydroxylation is 1. The van der Waals surface area contributed by atoms with Crippen LogP contribution in [0.1, 0.15) is 44.2 Å². The predicted molar refractivity (Wildman–Crippen MR) is 128 cm³/mol. The van der Waals surface area contributed by atoms with Gasteiger partial charge in [-0.05, 0) is 55.2 Å². The van der Waals surface area contributed by atoms with Crippen molar-refractivity contribution in [2.45, 2.75) is 52.1 Å². The van der Waals surface area contributed by atoms with Gasteiger partial charge in [0.15, 0.2) is 11.5 Å².